The molecule has 0 saturated heterocycles. The number of amides is 2. The fourth-order valence-corrected chi connectivity index (χ4v) is 3.37. The molecule has 0 aromatic heterocycles. The maximum absolute atomic E-state index is 13.3. The number of halogens is 1. The Morgan fingerprint density at radius 1 is 0.724 bits per heavy atom. The fourth-order valence-electron chi connectivity index (χ4n) is 3.24. The van der Waals surface area contributed by atoms with E-state index in [0.717, 1.165) is 16.8 Å². The molecule has 1 N–H and O–H groups in total. The van der Waals surface area contributed by atoms with E-state index < -0.39 is 5.91 Å². The van der Waals surface area contributed by atoms with Crippen molar-refractivity contribution < 1.29 is 9.59 Å². The highest BCUT2D eigenvalue weighted by Gasteiger charge is 2.40. The quantitative estimate of drug-likeness (QED) is 0.598. The van der Waals surface area contributed by atoms with E-state index in [4.69, 9.17) is 11.6 Å². The highest BCUT2D eigenvalue weighted by molar-refractivity contribution is 6.46. The Morgan fingerprint density at radius 2 is 1.28 bits per heavy atom. The number of imide groups is 1. The summed E-state index contributed by atoms with van der Waals surface area (Å²) in [7, 11) is 0. The molecule has 4 rings (SSSR count). The first-order chi connectivity index (χ1) is 13.9. The predicted octanol–water partition coefficient (Wildman–Crippen LogP) is 5.35. The van der Waals surface area contributed by atoms with Crippen LogP contribution in [0.25, 0.3) is 5.57 Å². The number of aryl methyl sites for hydroxylation is 2. The molecule has 4 nitrogen and oxygen atoms in total. The molecule has 3 aromatic carbocycles. The second-order valence-corrected chi connectivity index (χ2v) is 7.47. The first-order valence-corrected chi connectivity index (χ1v) is 9.61. The molecular formula is C24H19ClN2O2. The highest BCUT2D eigenvalue weighted by Crippen LogP contribution is 2.34. The third-order valence-electron chi connectivity index (χ3n) is 4.83. The maximum atomic E-state index is 13.3. The molecule has 0 saturated carbocycles. The number of carbonyl (C=O) groups excluding carboxylic acids is 2. The van der Waals surface area contributed by atoms with E-state index in [-0.39, 0.29) is 11.6 Å². The molecule has 0 radical (unpaired) electrons. The molecule has 144 valence electrons. The lowest BCUT2D eigenvalue weighted by Crippen LogP contribution is -2.32. The van der Waals surface area contributed by atoms with Gasteiger partial charge in [-0.05, 0) is 55.8 Å². The van der Waals surface area contributed by atoms with Gasteiger partial charge in [-0.2, -0.15) is 0 Å². The topological polar surface area (TPSA) is 49.4 Å². The summed E-state index contributed by atoms with van der Waals surface area (Å²) in [5, 5.41) is 3.70. The molecule has 1 aliphatic heterocycles. The van der Waals surface area contributed by atoms with Gasteiger partial charge in [-0.25, -0.2) is 4.90 Å². The van der Waals surface area contributed by atoms with Crippen molar-refractivity contribution in [1.82, 2.24) is 0 Å². The van der Waals surface area contributed by atoms with Gasteiger partial charge in [-0.1, -0.05) is 59.1 Å². The van der Waals surface area contributed by atoms with Gasteiger partial charge in [0.15, 0.2) is 0 Å². The third kappa shape index (κ3) is 3.67. The van der Waals surface area contributed by atoms with Crippen LogP contribution in [-0.2, 0) is 9.59 Å². The average Bonchev–Trinajstić information content (AvgIpc) is 2.95. The molecular weight excluding hydrogens is 384 g/mol. The summed E-state index contributed by atoms with van der Waals surface area (Å²) < 4.78 is 0. The fraction of sp³-hybridized carbons (Fsp3) is 0.0833. The van der Waals surface area contributed by atoms with E-state index in [1.165, 1.54) is 4.90 Å². The maximum Gasteiger partial charge on any atom is 0.282 e. The van der Waals surface area contributed by atoms with Crippen molar-refractivity contribution in [3.8, 4) is 0 Å². The number of hydrogen-bond donors (Lipinski definition) is 1. The largest absolute Gasteiger partial charge is 0.350 e. The first kappa shape index (κ1) is 19.0. The van der Waals surface area contributed by atoms with E-state index in [1.807, 2.05) is 62.4 Å². The molecule has 29 heavy (non-hydrogen) atoms. The van der Waals surface area contributed by atoms with E-state index in [2.05, 4.69) is 5.32 Å². The monoisotopic (exact) mass is 402 g/mol. The van der Waals surface area contributed by atoms with Gasteiger partial charge in [0, 0.05) is 10.7 Å². The Hall–Kier alpha value is -3.37. The zero-order valence-corrected chi connectivity index (χ0v) is 16.8. The standard InChI is InChI=1S/C24H19ClN2O2/c1-15-3-7-17(8-4-15)21-22(26-19-11-5-16(2)6-12-19)24(29)27(23(21)28)20-13-9-18(25)10-14-20/h3-14,26H,1-2H3. The SMILES string of the molecule is Cc1ccc(NC2=C(c3ccc(C)cc3)C(=O)N(c3ccc(Cl)cc3)C2=O)cc1. The van der Waals surface area contributed by atoms with Crippen molar-refractivity contribution in [1.29, 1.82) is 0 Å². The molecule has 3 aromatic rings. The second-order valence-electron chi connectivity index (χ2n) is 7.03. The van der Waals surface area contributed by atoms with Gasteiger partial charge in [-0.3, -0.25) is 9.59 Å². The van der Waals surface area contributed by atoms with E-state index in [9.17, 15) is 9.59 Å². The summed E-state index contributed by atoms with van der Waals surface area (Å²) in [6.07, 6.45) is 0. The zero-order valence-electron chi connectivity index (χ0n) is 16.1. The number of hydrogen-bond acceptors (Lipinski definition) is 3. The Kier molecular flexibility index (Phi) is 4.95. The summed E-state index contributed by atoms with van der Waals surface area (Å²) in [6.45, 7) is 3.97. The Balaban J connectivity index is 1.80. The van der Waals surface area contributed by atoms with Gasteiger partial charge < -0.3 is 5.32 Å². The van der Waals surface area contributed by atoms with Gasteiger partial charge in [0.1, 0.15) is 5.70 Å². The summed E-state index contributed by atoms with van der Waals surface area (Å²) in [4.78, 5) is 27.8. The van der Waals surface area contributed by atoms with E-state index >= 15 is 0 Å². The summed E-state index contributed by atoms with van der Waals surface area (Å²) >= 11 is 5.97. The van der Waals surface area contributed by atoms with Crippen molar-refractivity contribution in [2.45, 2.75) is 13.8 Å². The van der Waals surface area contributed by atoms with E-state index in [1.54, 1.807) is 24.3 Å². The van der Waals surface area contributed by atoms with Gasteiger partial charge in [0.2, 0.25) is 0 Å². The van der Waals surface area contributed by atoms with Gasteiger partial charge in [0.25, 0.3) is 11.8 Å². The lowest BCUT2D eigenvalue weighted by molar-refractivity contribution is -0.120. The van der Waals surface area contributed by atoms with Gasteiger partial charge >= 0.3 is 0 Å². The summed E-state index contributed by atoms with van der Waals surface area (Å²) in [5.41, 5.74) is 4.72. The number of benzene rings is 3. The minimum atomic E-state index is -0.395. The van der Waals surface area contributed by atoms with Gasteiger partial charge in [-0.15, -0.1) is 0 Å². The number of anilines is 2. The van der Waals surface area contributed by atoms with Crippen molar-refractivity contribution in [2.75, 3.05) is 10.2 Å². The molecule has 0 bridgehead atoms. The number of carbonyl (C=O) groups is 2. The minimum Gasteiger partial charge on any atom is -0.350 e. The van der Waals surface area contributed by atoms with Crippen molar-refractivity contribution in [3.63, 3.8) is 0 Å². The zero-order chi connectivity index (χ0) is 20.5. The second kappa shape index (κ2) is 7.57. The van der Waals surface area contributed by atoms with Crippen LogP contribution in [0, 0.1) is 13.8 Å². The average molecular weight is 403 g/mol. The molecule has 0 unspecified atom stereocenters. The summed E-state index contributed by atoms with van der Waals surface area (Å²) in [6, 6.07) is 21.9. The van der Waals surface area contributed by atoms with Gasteiger partial charge in [0.05, 0.1) is 11.3 Å². The van der Waals surface area contributed by atoms with Crippen LogP contribution in [0.2, 0.25) is 5.02 Å². The molecule has 0 atom stereocenters. The third-order valence-corrected chi connectivity index (χ3v) is 5.08. The van der Waals surface area contributed by atoms with Crippen LogP contribution < -0.4 is 10.2 Å². The highest BCUT2D eigenvalue weighted by atomic mass is 35.5. The van der Waals surface area contributed by atoms with Crippen LogP contribution in [0.3, 0.4) is 0 Å². The van der Waals surface area contributed by atoms with Crippen LogP contribution >= 0.6 is 11.6 Å². The normalized spacial score (nSPS) is 14.0. The predicted molar refractivity (Wildman–Crippen MR) is 117 cm³/mol. The van der Waals surface area contributed by atoms with E-state index in [0.29, 0.717) is 21.8 Å². The van der Waals surface area contributed by atoms with Crippen LogP contribution in [0.4, 0.5) is 11.4 Å². The lowest BCUT2D eigenvalue weighted by Gasteiger charge is -2.15. The van der Waals surface area contributed by atoms with Crippen molar-refractivity contribution in [2.24, 2.45) is 0 Å². The molecule has 1 aliphatic rings. The molecule has 0 spiro atoms. The van der Waals surface area contributed by atoms with Crippen molar-refractivity contribution >= 4 is 40.4 Å². The smallest absolute Gasteiger partial charge is 0.282 e. The number of rotatable bonds is 4. The molecule has 5 heteroatoms. The molecule has 0 fully saturated rings. The van der Waals surface area contributed by atoms with Crippen LogP contribution in [0.1, 0.15) is 16.7 Å². The minimum absolute atomic E-state index is 0.262. The molecule has 1 heterocycles. The number of nitrogens with zero attached hydrogens (tertiary/aromatic N) is 1. The van der Waals surface area contributed by atoms with Crippen LogP contribution in [0.15, 0.2) is 78.5 Å². The Labute approximate surface area is 174 Å². The molecule has 2 amide bonds. The lowest BCUT2D eigenvalue weighted by atomic mass is 10.0. The summed E-state index contributed by atoms with van der Waals surface area (Å²) in [5.74, 6) is -0.760. The van der Waals surface area contributed by atoms with Crippen LogP contribution in [0.5, 0.6) is 0 Å². The van der Waals surface area contributed by atoms with Crippen molar-refractivity contribution in [3.05, 3.63) is 100 Å². The van der Waals surface area contributed by atoms with Crippen LogP contribution in [-0.4, -0.2) is 11.8 Å². The molecule has 0 aliphatic carbocycles. The Bertz CT molecular complexity index is 1120. The number of nitrogens with one attached hydrogen (secondary N) is 1. The first-order valence-electron chi connectivity index (χ1n) is 9.23. The Morgan fingerprint density at radius 3 is 1.86 bits per heavy atom.